The molecule has 2 aliphatic rings. The SMILES string of the molecule is CC(C(=O)O)N(C(=O)OCC1c2ccccc2-c2ccccc21)C(CCC1CCCCC1)C(=O)O. The smallest absolute Gasteiger partial charge is 0.411 e. The first kappa shape index (κ1) is 24.8. The van der Waals surface area contributed by atoms with Crippen LogP contribution in [0.1, 0.15) is 68.9 Å². The van der Waals surface area contributed by atoms with E-state index in [1.807, 2.05) is 48.5 Å². The lowest BCUT2D eigenvalue weighted by atomic mass is 9.85. The average molecular weight is 480 g/mol. The zero-order valence-electron chi connectivity index (χ0n) is 20.1. The van der Waals surface area contributed by atoms with Gasteiger partial charge in [0.15, 0.2) is 0 Å². The molecule has 0 radical (unpaired) electrons. The summed E-state index contributed by atoms with van der Waals surface area (Å²) >= 11 is 0. The van der Waals surface area contributed by atoms with Crippen LogP contribution in [0.3, 0.4) is 0 Å². The van der Waals surface area contributed by atoms with Crippen LogP contribution >= 0.6 is 0 Å². The molecule has 2 atom stereocenters. The molecule has 0 saturated heterocycles. The predicted molar refractivity (Wildman–Crippen MR) is 131 cm³/mol. The minimum atomic E-state index is -1.32. The summed E-state index contributed by atoms with van der Waals surface area (Å²) in [5, 5.41) is 19.6. The number of nitrogens with zero attached hydrogens (tertiary/aromatic N) is 1. The highest BCUT2D eigenvalue weighted by molar-refractivity contribution is 5.85. The molecule has 4 rings (SSSR count). The van der Waals surface area contributed by atoms with Crippen LogP contribution in [0.5, 0.6) is 0 Å². The Labute approximate surface area is 205 Å². The highest BCUT2D eigenvalue weighted by Gasteiger charge is 2.39. The van der Waals surface area contributed by atoms with E-state index in [4.69, 9.17) is 4.74 Å². The zero-order valence-corrected chi connectivity index (χ0v) is 20.1. The van der Waals surface area contributed by atoms with Gasteiger partial charge in [-0.1, -0.05) is 80.6 Å². The number of hydrogen-bond donors (Lipinski definition) is 2. The average Bonchev–Trinajstić information content (AvgIpc) is 3.18. The number of ether oxygens (including phenoxy) is 1. The van der Waals surface area contributed by atoms with Crippen molar-refractivity contribution in [1.82, 2.24) is 4.90 Å². The maximum Gasteiger partial charge on any atom is 0.411 e. The van der Waals surface area contributed by atoms with Crippen LogP contribution in [-0.4, -0.2) is 51.8 Å². The fourth-order valence-corrected chi connectivity index (χ4v) is 5.59. The van der Waals surface area contributed by atoms with E-state index in [0.29, 0.717) is 12.3 Å². The summed E-state index contributed by atoms with van der Waals surface area (Å²) in [7, 11) is 0. The van der Waals surface area contributed by atoms with E-state index in [0.717, 1.165) is 52.8 Å². The van der Waals surface area contributed by atoms with Crippen LogP contribution in [-0.2, 0) is 14.3 Å². The first-order chi connectivity index (χ1) is 16.9. The molecule has 1 fully saturated rings. The van der Waals surface area contributed by atoms with Gasteiger partial charge in [0, 0.05) is 5.92 Å². The number of fused-ring (bicyclic) bond motifs is 3. The van der Waals surface area contributed by atoms with Crippen molar-refractivity contribution in [2.24, 2.45) is 5.92 Å². The predicted octanol–water partition coefficient (Wildman–Crippen LogP) is 5.52. The van der Waals surface area contributed by atoms with Crippen molar-refractivity contribution < 1.29 is 29.3 Å². The largest absolute Gasteiger partial charge is 0.480 e. The topological polar surface area (TPSA) is 104 Å². The standard InChI is InChI=1S/C28H33NO6/c1-18(26(30)31)29(25(27(32)33)16-15-19-9-3-2-4-10-19)28(34)35-17-24-22-13-7-5-11-20(22)21-12-6-8-14-23(21)24/h5-8,11-14,18-19,24-25H,2-4,9-10,15-17H2,1H3,(H,30,31)(H,32,33). The zero-order chi connectivity index (χ0) is 24.9. The molecule has 186 valence electrons. The number of carboxylic acids is 2. The van der Waals surface area contributed by atoms with Crippen LogP contribution in [0, 0.1) is 5.92 Å². The molecule has 7 heteroatoms. The minimum Gasteiger partial charge on any atom is -0.480 e. The number of rotatable bonds is 9. The number of aliphatic carboxylic acids is 2. The molecule has 1 amide bonds. The summed E-state index contributed by atoms with van der Waals surface area (Å²) in [6.07, 6.45) is 5.50. The van der Waals surface area contributed by atoms with Gasteiger partial charge in [-0.2, -0.15) is 0 Å². The Balaban J connectivity index is 1.51. The van der Waals surface area contributed by atoms with Gasteiger partial charge in [0.1, 0.15) is 18.7 Å². The maximum atomic E-state index is 13.2. The van der Waals surface area contributed by atoms with Crippen LogP contribution in [0.15, 0.2) is 48.5 Å². The summed E-state index contributed by atoms with van der Waals surface area (Å²) in [6.45, 7) is 1.34. The third-order valence-electron chi connectivity index (χ3n) is 7.52. The maximum absolute atomic E-state index is 13.2. The van der Waals surface area contributed by atoms with E-state index in [2.05, 4.69) is 0 Å². The van der Waals surface area contributed by atoms with Crippen LogP contribution in [0.25, 0.3) is 11.1 Å². The Kier molecular flexibility index (Phi) is 7.73. The second-order valence-electron chi connectivity index (χ2n) is 9.66. The molecule has 2 N–H and O–H groups in total. The van der Waals surface area contributed by atoms with Crippen molar-refractivity contribution in [2.45, 2.75) is 69.9 Å². The van der Waals surface area contributed by atoms with E-state index in [1.165, 1.54) is 13.3 Å². The van der Waals surface area contributed by atoms with Crippen molar-refractivity contribution in [1.29, 1.82) is 0 Å². The number of hydrogen-bond acceptors (Lipinski definition) is 4. The van der Waals surface area contributed by atoms with E-state index in [1.54, 1.807) is 0 Å². The molecule has 0 spiro atoms. The van der Waals surface area contributed by atoms with Crippen molar-refractivity contribution >= 4 is 18.0 Å². The van der Waals surface area contributed by atoms with Crippen LogP contribution in [0.2, 0.25) is 0 Å². The number of amides is 1. The monoisotopic (exact) mass is 479 g/mol. The first-order valence-electron chi connectivity index (χ1n) is 12.5. The van der Waals surface area contributed by atoms with Gasteiger partial charge in [0.05, 0.1) is 0 Å². The van der Waals surface area contributed by atoms with E-state index < -0.39 is 30.1 Å². The van der Waals surface area contributed by atoms with Gasteiger partial charge >= 0.3 is 18.0 Å². The van der Waals surface area contributed by atoms with Gasteiger partial charge in [-0.05, 0) is 47.9 Å². The number of carboxylic acid groups (broad SMARTS) is 2. The molecular formula is C28H33NO6. The van der Waals surface area contributed by atoms with Gasteiger partial charge in [0.25, 0.3) is 0 Å². The van der Waals surface area contributed by atoms with E-state index in [9.17, 15) is 24.6 Å². The minimum absolute atomic E-state index is 0.00463. The molecule has 0 bridgehead atoms. The Morgan fingerprint density at radius 2 is 1.49 bits per heavy atom. The van der Waals surface area contributed by atoms with E-state index >= 15 is 0 Å². The quantitative estimate of drug-likeness (QED) is 0.490. The fourth-order valence-electron chi connectivity index (χ4n) is 5.59. The van der Waals surface area contributed by atoms with Gasteiger partial charge < -0.3 is 14.9 Å². The van der Waals surface area contributed by atoms with Crippen molar-refractivity contribution in [3.8, 4) is 11.1 Å². The summed E-state index contributed by atoms with van der Waals surface area (Å²) in [4.78, 5) is 38.2. The third kappa shape index (κ3) is 5.34. The lowest BCUT2D eigenvalue weighted by Crippen LogP contribution is -2.53. The number of benzene rings is 2. The van der Waals surface area contributed by atoms with Gasteiger partial charge in [0.2, 0.25) is 0 Å². The molecule has 7 nitrogen and oxygen atoms in total. The molecule has 0 aliphatic heterocycles. The molecule has 1 saturated carbocycles. The molecular weight excluding hydrogens is 446 g/mol. The molecule has 35 heavy (non-hydrogen) atoms. The van der Waals surface area contributed by atoms with Crippen molar-refractivity contribution in [3.05, 3.63) is 59.7 Å². The highest BCUT2D eigenvalue weighted by atomic mass is 16.6. The summed E-state index contributed by atoms with van der Waals surface area (Å²) in [5.74, 6) is -2.25. The van der Waals surface area contributed by atoms with Crippen molar-refractivity contribution in [2.75, 3.05) is 6.61 Å². The molecule has 2 aromatic carbocycles. The summed E-state index contributed by atoms with van der Waals surface area (Å²) in [6, 6.07) is 13.3. The lowest BCUT2D eigenvalue weighted by molar-refractivity contribution is -0.149. The lowest BCUT2D eigenvalue weighted by Gasteiger charge is -2.33. The summed E-state index contributed by atoms with van der Waals surface area (Å²) < 4.78 is 5.66. The normalized spacial score (nSPS) is 17.2. The van der Waals surface area contributed by atoms with Gasteiger partial charge in [-0.15, -0.1) is 0 Å². The Hall–Kier alpha value is -3.35. The van der Waals surface area contributed by atoms with Gasteiger partial charge in [-0.25, -0.2) is 14.4 Å². The van der Waals surface area contributed by atoms with Crippen LogP contribution < -0.4 is 0 Å². The summed E-state index contributed by atoms with van der Waals surface area (Å²) in [5.41, 5.74) is 4.23. The third-order valence-corrected chi connectivity index (χ3v) is 7.52. The number of carbonyl (C=O) groups excluding carboxylic acids is 1. The molecule has 2 unspecified atom stereocenters. The molecule has 2 aliphatic carbocycles. The second kappa shape index (κ2) is 10.9. The number of carbonyl (C=O) groups is 3. The van der Waals surface area contributed by atoms with Crippen molar-refractivity contribution in [3.63, 3.8) is 0 Å². The Bertz CT molecular complexity index is 1030. The molecule has 0 heterocycles. The Morgan fingerprint density at radius 1 is 0.914 bits per heavy atom. The Morgan fingerprint density at radius 3 is 2.03 bits per heavy atom. The first-order valence-corrected chi connectivity index (χ1v) is 12.5. The second-order valence-corrected chi connectivity index (χ2v) is 9.66. The van der Waals surface area contributed by atoms with Crippen LogP contribution in [0.4, 0.5) is 4.79 Å². The highest BCUT2D eigenvalue weighted by Crippen LogP contribution is 2.44. The fraction of sp³-hybridized carbons (Fsp3) is 0.464. The molecule has 2 aromatic rings. The molecule has 0 aromatic heterocycles. The van der Waals surface area contributed by atoms with Gasteiger partial charge in [-0.3, -0.25) is 4.90 Å². The van der Waals surface area contributed by atoms with E-state index in [-0.39, 0.29) is 18.9 Å².